The molecule has 5 unspecified atom stereocenters. The van der Waals surface area contributed by atoms with Crippen molar-refractivity contribution in [1.29, 1.82) is 0 Å². The minimum absolute atomic E-state index is 0.222. The van der Waals surface area contributed by atoms with Gasteiger partial charge in [-0.2, -0.15) is 0 Å². The van der Waals surface area contributed by atoms with Crippen LogP contribution in [0.1, 0.15) is 65.2 Å². The van der Waals surface area contributed by atoms with Gasteiger partial charge in [0.2, 0.25) is 23.6 Å². The van der Waals surface area contributed by atoms with E-state index in [-0.39, 0.29) is 25.2 Å². The molecule has 0 rings (SSSR count). The molecule has 4 amide bonds. The number of nitrogens with two attached hydrogens (primary N) is 4. The minimum atomic E-state index is -1.23. The predicted molar refractivity (Wildman–Crippen MR) is 130 cm³/mol. The topological polar surface area (TPSA) is 246 Å². The number of carboxylic acids is 1. The van der Waals surface area contributed by atoms with Gasteiger partial charge in [-0.15, -0.1) is 0 Å². The van der Waals surface area contributed by atoms with Gasteiger partial charge in [-0.3, -0.25) is 19.2 Å². The van der Waals surface area contributed by atoms with Crippen LogP contribution in [-0.4, -0.2) is 72.0 Å². The molecule has 0 aliphatic carbocycles. The Labute approximate surface area is 206 Å². The van der Waals surface area contributed by atoms with E-state index in [9.17, 15) is 29.1 Å². The maximum Gasteiger partial charge on any atom is 0.326 e. The molecule has 5 atom stereocenters. The Balaban J connectivity index is 5.57. The van der Waals surface area contributed by atoms with Crippen molar-refractivity contribution in [2.24, 2.45) is 28.9 Å². The quantitative estimate of drug-likeness (QED) is 0.0913. The normalized spacial score (nSPS) is 15.2. The molecule has 0 saturated carbocycles. The first-order chi connectivity index (χ1) is 16.5. The summed E-state index contributed by atoms with van der Waals surface area (Å²) < 4.78 is 0. The molecule has 0 aromatic rings. The van der Waals surface area contributed by atoms with Crippen LogP contribution >= 0.6 is 0 Å². The van der Waals surface area contributed by atoms with Crippen molar-refractivity contribution in [2.75, 3.05) is 13.1 Å². The van der Waals surface area contributed by atoms with Gasteiger partial charge < -0.3 is 44.0 Å². The van der Waals surface area contributed by atoms with Crippen molar-refractivity contribution < 1.29 is 29.1 Å². The van der Waals surface area contributed by atoms with Crippen LogP contribution in [0.3, 0.4) is 0 Å². The molecule has 0 aromatic carbocycles. The fourth-order valence-corrected chi connectivity index (χ4v) is 3.32. The van der Waals surface area contributed by atoms with E-state index in [4.69, 9.17) is 22.9 Å². The molecule has 0 bridgehead atoms. The summed E-state index contributed by atoms with van der Waals surface area (Å²) >= 11 is 0. The molecule has 13 heteroatoms. The number of carboxylic acid groups (broad SMARTS) is 1. The smallest absolute Gasteiger partial charge is 0.326 e. The largest absolute Gasteiger partial charge is 0.480 e. The maximum absolute atomic E-state index is 13.1. The maximum atomic E-state index is 13.1. The first-order valence-corrected chi connectivity index (χ1v) is 12.1. The molecule has 13 nitrogen and oxygen atoms in total. The fraction of sp³-hybridized carbons (Fsp3) is 0.773. The molecule has 202 valence electrons. The van der Waals surface area contributed by atoms with Crippen molar-refractivity contribution in [1.82, 2.24) is 16.0 Å². The molecule has 12 N–H and O–H groups in total. The van der Waals surface area contributed by atoms with Crippen molar-refractivity contribution in [3.8, 4) is 0 Å². The van der Waals surface area contributed by atoms with Crippen LogP contribution in [0.2, 0.25) is 0 Å². The number of rotatable bonds is 19. The van der Waals surface area contributed by atoms with E-state index >= 15 is 0 Å². The standard InChI is InChI=1S/C22H43N7O6/c1-3-13(2)18(22(34)35)29-21(33)16(9-5-7-11-24)28-20(32)15(8-4-6-10-23)27-19(31)14(25)12-17(26)30/h13-16,18H,3-12,23-25H2,1-2H3,(H2,26,30)(H,27,31)(H,28,32)(H,29,33)(H,34,35). The SMILES string of the molecule is CCC(C)C(NC(=O)C(CCCCN)NC(=O)C(CCCCN)NC(=O)C(N)CC(N)=O)C(=O)O. The molecule has 0 aromatic heterocycles. The average Bonchev–Trinajstić information content (AvgIpc) is 2.79. The van der Waals surface area contributed by atoms with Gasteiger partial charge in [0, 0.05) is 0 Å². The summed E-state index contributed by atoms with van der Waals surface area (Å²) in [5.41, 5.74) is 21.8. The fourth-order valence-electron chi connectivity index (χ4n) is 3.32. The number of carbonyl (C=O) groups is 5. The third-order valence-electron chi connectivity index (χ3n) is 5.69. The van der Waals surface area contributed by atoms with Crippen LogP contribution in [0.5, 0.6) is 0 Å². The molecule has 0 heterocycles. The lowest BCUT2D eigenvalue weighted by molar-refractivity contribution is -0.144. The summed E-state index contributed by atoms with van der Waals surface area (Å²) in [4.78, 5) is 61.1. The molecule has 0 aliphatic rings. The first kappa shape index (κ1) is 32.2. The molecule has 0 radical (unpaired) electrons. The van der Waals surface area contributed by atoms with Crippen LogP contribution in [0, 0.1) is 5.92 Å². The van der Waals surface area contributed by atoms with Crippen molar-refractivity contribution in [3.63, 3.8) is 0 Å². The van der Waals surface area contributed by atoms with E-state index < -0.39 is 53.8 Å². The number of carbonyl (C=O) groups excluding carboxylic acids is 4. The van der Waals surface area contributed by atoms with E-state index in [0.717, 1.165) is 0 Å². The van der Waals surface area contributed by atoms with Gasteiger partial charge in [0.15, 0.2) is 0 Å². The van der Waals surface area contributed by atoms with Crippen LogP contribution in [0.15, 0.2) is 0 Å². The summed E-state index contributed by atoms with van der Waals surface area (Å²) in [5, 5.41) is 17.1. The van der Waals surface area contributed by atoms with Crippen LogP contribution in [-0.2, 0) is 24.0 Å². The van der Waals surface area contributed by atoms with Gasteiger partial charge in [-0.1, -0.05) is 20.3 Å². The number of amides is 4. The molecule has 0 aliphatic heterocycles. The summed E-state index contributed by atoms with van der Waals surface area (Å²) in [6, 6.07) is -4.42. The van der Waals surface area contributed by atoms with Gasteiger partial charge >= 0.3 is 5.97 Å². The number of aliphatic carboxylic acids is 1. The van der Waals surface area contributed by atoms with Gasteiger partial charge in [-0.25, -0.2) is 4.79 Å². The third kappa shape index (κ3) is 13.0. The van der Waals surface area contributed by atoms with Crippen LogP contribution in [0.25, 0.3) is 0 Å². The second kappa shape index (κ2) is 17.6. The molecule has 0 fully saturated rings. The highest BCUT2D eigenvalue weighted by Crippen LogP contribution is 2.10. The zero-order chi connectivity index (χ0) is 27.0. The average molecular weight is 502 g/mol. The monoisotopic (exact) mass is 501 g/mol. The highest BCUT2D eigenvalue weighted by atomic mass is 16.4. The van der Waals surface area contributed by atoms with Gasteiger partial charge in [0.05, 0.1) is 12.5 Å². The molecular weight excluding hydrogens is 458 g/mol. The summed E-state index contributed by atoms with van der Waals surface area (Å²) in [6.45, 7) is 4.30. The van der Waals surface area contributed by atoms with E-state index in [1.54, 1.807) is 6.92 Å². The molecule has 0 saturated heterocycles. The molecular formula is C22H43N7O6. The second-order valence-corrected chi connectivity index (χ2v) is 8.68. The lowest BCUT2D eigenvalue weighted by Crippen LogP contribution is -2.57. The van der Waals surface area contributed by atoms with Gasteiger partial charge in [0.1, 0.15) is 18.1 Å². The summed E-state index contributed by atoms with van der Waals surface area (Å²) in [5.74, 6) is -4.27. The van der Waals surface area contributed by atoms with E-state index in [0.29, 0.717) is 45.2 Å². The Morgan fingerprint density at radius 3 is 1.66 bits per heavy atom. The van der Waals surface area contributed by atoms with Gasteiger partial charge in [0.25, 0.3) is 0 Å². The zero-order valence-electron chi connectivity index (χ0n) is 20.8. The Kier molecular flexibility index (Phi) is 16.2. The molecule has 0 spiro atoms. The highest BCUT2D eigenvalue weighted by Gasteiger charge is 2.31. The second-order valence-electron chi connectivity index (χ2n) is 8.68. The molecule has 35 heavy (non-hydrogen) atoms. The Morgan fingerprint density at radius 1 is 0.800 bits per heavy atom. The summed E-state index contributed by atoms with van der Waals surface area (Å²) in [6.07, 6.45) is 2.82. The number of nitrogens with one attached hydrogen (secondary N) is 3. The van der Waals surface area contributed by atoms with Crippen LogP contribution in [0.4, 0.5) is 0 Å². The Hall–Kier alpha value is -2.77. The van der Waals surface area contributed by atoms with Crippen molar-refractivity contribution in [3.05, 3.63) is 0 Å². The highest BCUT2D eigenvalue weighted by molar-refractivity contribution is 5.95. The van der Waals surface area contributed by atoms with Crippen molar-refractivity contribution in [2.45, 2.75) is 89.4 Å². The Morgan fingerprint density at radius 2 is 1.26 bits per heavy atom. The Bertz CT molecular complexity index is 706. The van der Waals surface area contributed by atoms with E-state index in [1.807, 2.05) is 6.92 Å². The third-order valence-corrected chi connectivity index (χ3v) is 5.69. The van der Waals surface area contributed by atoms with E-state index in [2.05, 4.69) is 16.0 Å². The number of primary amides is 1. The summed E-state index contributed by atoms with van der Waals surface area (Å²) in [7, 11) is 0. The number of hydrogen-bond acceptors (Lipinski definition) is 8. The predicted octanol–water partition coefficient (Wildman–Crippen LogP) is -1.97. The number of hydrogen-bond donors (Lipinski definition) is 8. The minimum Gasteiger partial charge on any atom is -0.480 e. The van der Waals surface area contributed by atoms with Gasteiger partial charge in [-0.05, 0) is 57.5 Å². The van der Waals surface area contributed by atoms with E-state index in [1.165, 1.54) is 0 Å². The van der Waals surface area contributed by atoms with Crippen molar-refractivity contribution >= 4 is 29.6 Å². The zero-order valence-corrected chi connectivity index (χ0v) is 20.8. The van der Waals surface area contributed by atoms with Crippen LogP contribution < -0.4 is 38.9 Å². The lowest BCUT2D eigenvalue weighted by Gasteiger charge is -2.26. The number of unbranched alkanes of at least 4 members (excludes halogenated alkanes) is 2. The lowest BCUT2D eigenvalue weighted by atomic mass is 9.98. The first-order valence-electron chi connectivity index (χ1n) is 12.1.